The first-order chi connectivity index (χ1) is 3.62. The highest BCUT2D eigenvalue weighted by Gasteiger charge is 2.16. The van der Waals surface area contributed by atoms with Crippen molar-refractivity contribution in [1.29, 1.82) is 0 Å². The molecule has 8 heavy (non-hydrogen) atoms. The molecule has 50 valence electrons. The van der Waals surface area contributed by atoms with Crippen LogP contribution in [-0.4, -0.2) is 17.3 Å². The van der Waals surface area contributed by atoms with E-state index in [9.17, 15) is 0 Å². The van der Waals surface area contributed by atoms with E-state index < -0.39 is 5.60 Å². The molecule has 0 saturated heterocycles. The Morgan fingerprint density at radius 3 is 2.38 bits per heavy atom. The monoisotopic (exact) mass is 119 g/mol. The molecule has 0 aliphatic rings. The lowest BCUT2D eigenvalue weighted by atomic mass is 10.1. The molecule has 0 radical (unpaired) electrons. The van der Waals surface area contributed by atoms with Crippen molar-refractivity contribution in [2.45, 2.75) is 25.9 Å². The van der Waals surface area contributed by atoms with Gasteiger partial charge >= 0.3 is 0 Å². The van der Waals surface area contributed by atoms with Crippen LogP contribution in [0.25, 0.3) is 0 Å². The summed E-state index contributed by atoms with van der Waals surface area (Å²) in [5.74, 6) is 4.73. The van der Waals surface area contributed by atoms with E-state index >= 15 is 0 Å². The van der Waals surface area contributed by atoms with Crippen molar-refractivity contribution < 1.29 is 9.94 Å². The molecule has 0 fully saturated rings. The summed E-state index contributed by atoms with van der Waals surface area (Å²) in [5.41, 5.74) is -0.755. The molecule has 0 heterocycles. The van der Waals surface area contributed by atoms with Crippen LogP contribution in [0.3, 0.4) is 0 Å². The molecule has 0 aromatic heterocycles. The zero-order valence-corrected chi connectivity index (χ0v) is 5.35. The Labute approximate surface area is 49.4 Å². The molecule has 0 bridgehead atoms. The summed E-state index contributed by atoms with van der Waals surface area (Å²) in [6.07, 6.45) is 0.657. The summed E-state index contributed by atoms with van der Waals surface area (Å²) in [6, 6.07) is 0. The van der Waals surface area contributed by atoms with Crippen molar-refractivity contribution in [1.82, 2.24) is 0 Å². The van der Waals surface area contributed by atoms with Gasteiger partial charge in [0.15, 0.2) is 0 Å². The van der Waals surface area contributed by atoms with Gasteiger partial charge in [-0.15, -0.1) is 0 Å². The molecular formula is C5H13NO2. The Balaban J connectivity index is 3.37. The van der Waals surface area contributed by atoms with Gasteiger partial charge in [-0.1, -0.05) is 6.92 Å². The topological polar surface area (TPSA) is 55.5 Å². The van der Waals surface area contributed by atoms with Gasteiger partial charge in [0.25, 0.3) is 0 Å². The van der Waals surface area contributed by atoms with Gasteiger partial charge in [0.2, 0.25) is 0 Å². The zero-order valence-electron chi connectivity index (χ0n) is 5.35. The molecule has 0 rings (SSSR count). The lowest BCUT2D eigenvalue weighted by Gasteiger charge is -2.18. The minimum absolute atomic E-state index is 0.198. The van der Waals surface area contributed by atoms with Crippen LogP contribution in [0.15, 0.2) is 0 Å². The Morgan fingerprint density at radius 1 is 1.75 bits per heavy atom. The highest BCUT2D eigenvalue weighted by atomic mass is 16.6. The van der Waals surface area contributed by atoms with Gasteiger partial charge in [0, 0.05) is 0 Å². The first-order valence-electron chi connectivity index (χ1n) is 2.66. The Hall–Kier alpha value is -0.120. The van der Waals surface area contributed by atoms with Crippen LogP contribution in [0.5, 0.6) is 0 Å². The molecule has 1 unspecified atom stereocenters. The molecule has 1 atom stereocenters. The van der Waals surface area contributed by atoms with Crippen LogP contribution in [0.4, 0.5) is 0 Å². The molecule has 0 spiro atoms. The van der Waals surface area contributed by atoms with E-state index in [1.807, 2.05) is 6.92 Å². The van der Waals surface area contributed by atoms with Gasteiger partial charge in [0.05, 0.1) is 12.2 Å². The number of hydrogen-bond donors (Lipinski definition) is 2. The summed E-state index contributed by atoms with van der Waals surface area (Å²) in [5, 5.41) is 9.12. The molecular weight excluding hydrogens is 106 g/mol. The fraction of sp³-hybridized carbons (Fsp3) is 1.00. The standard InChI is InChI=1S/C5H13NO2/c1-3-5(2,7)4-8-6/h7H,3-4,6H2,1-2H3. The minimum atomic E-state index is -0.755. The van der Waals surface area contributed by atoms with E-state index in [2.05, 4.69) is 4.84 Å². The number of hydrogen-bond acceptors (Lipinski definition) is 3. The van der Waals surface area contributed by atoms with Crippen LogP contribution in [0.2, 0.25) is 0 Å². The molecule has 0 aliphatic heterocycles. The van der Waals surface area contributed by atoms with E-state index in [0.717, 1.165) is 0 Å². The van der Waals surface area contributed by atoms with E-state index in [4.69, 9.17) is 11.0 Å². The lowest BCUT2D eigenvalue weighted by Crippen LogP contribution is -2.30. The van der Waals surface area contributed by atoms with Gasteiger partial charge < -0.3 is 9.94 Å². The first kappa shape index (κ1) is 7.88. The number of aliphatic hydroxyl groups is 1. The van der Waals surface area contributed by atoms with Crippen molar-refractivity contribution in [2.75, 3.05) is 6.61 Å². The van der Waals surface area contributed by atoms with Gasteiger partial charge in [-0.2, -0.15) is 0 Å². The Morgan fingerprint density at radius 2 is 2.25 bits per heavy atom. The van der Waals surface area contributed by atoms with Crippen molar-refractivity contribution in [3.63, 3.8) is 0 Å². The van der Waals surface area contributed by atoms with Crippen LogP contribution < -0.4 is 5.90 Å². The van der Waals surface area contributed by atoms with E-state index in [-0.39, 0.29) is 6.61 Å². The fourth-order valence-corrected chi connectivity index (χ4v) is 0.282. The third kappa shape index (κ3) is 2.96. The highest BCUT2D eigenvalue weighted by molar-refractivity contribution is 4.67. The maximum atomic E-state index is 9.12. The summed E-state index contributed by atoms with van der Waals surface area (Å²) < 4.78 is 0. The van der Waals surface area contributed by atoms with E-state index in [0.29, 0.717) is 6.42 Å². The zero-order chi connectivity index (χ0) is 6.62. The number of nitrogens with two attached hydrogens (primary N) is 1. The summed E-state index contributed by atoms with van der Waals surface area (Å²) in [7, 11) is 0. The van der Waals surface area contributed by atoms with Gasteiger partial charge in [-0.3, -0.25) is 0 Å². The molecule has 3 heteroatoms. The fourth-order valence-electron chi connectivity index (χ4n) is 0.282. The van der Waals surface area contributed by atoms with E-state index in [1.165, 1.54) is 0 Å². The number of rotatable bonds is 3. The quantitative estimate of drug-likeness (QED) is 0.516. The first-order valence-corrected chi connectivity index (χ1v) is 2.66. The van der Waals surface area contributed by atoms with Crippen molar-refractivity contribution in [3.05, 3.63) is 0 Å². The normalized spacial score (nSPS) is 18.0. The largest absolute Gasteiger partial charge is 0.388 e. The van der Waals surface area contributed by atoms with Crippen LogP contribution >= 0.6 is 0 Å². The maximum absolute atomic E-state index is 9.12. The molecule has 3 nitrogen and oxygen atoms in total. The molecule has 0 aromatic carbocycles. The SMILES string of the molecule is CCC(C)(O)CON. The maximum Gasteiger partial charge on any atom is 0.0963 e. The third-order valence-corrected chi connectivity index (χ3v) is 1.16. The second-order valence-corrected chi connectivity index (χ2v) is 2.16. The molecule has 0 aliphatic carbocycles. The second kappa shape index (κ2) is 3.02. The molecule has 3 N–H and O–H groups in total. The minimum Gasteiger partial charge on any atom is -0.388 e. The molecule has 0 aromatic rings. The smallest absolute Gasteiger partial charge is 0.0963 e. The summed E-state index contributed by atoms with van der Waals surface area (Å²) in [6.45, 7) is 3.75. The Kier molecular flexibility index (Phi) is 2.97. The lowest BCUT2D eigenvalue weighted by molar-refractivity contribution is -0.0366. The van der Waals surface area contributed by atoms with Gasteiger partial charge in [-0.05, 0) is 13.3 Å². The predicted molar refractivity (Wildman–Crippen MR) is 31.1 cm³/mol. The van der Waals surface area contributed by atoms with Crippen LogP contribution in [-0.2, 0) is 4.84 Å². The third-order valence-electron chi connectivity index (χ3n) is 1.16. The van der Waals surface area contributed by atoms with Crippen LogP contribution in [0, 0.1) is 0 Å². The second-order valence-electron chi connectivity index (χ2n) is 2.16. The predicted octanol–water partition coefficient (Wildman–Crippen LogP) is 0.0377. The average Bonchev–Trinajstić information content (AvgIpc) is 1.67. The summed E-state index contributed by atoms with van der Waals surface area (Å²) >= 11 is 0. The molecule has 0 saturated carbocycles. The van der Waals surface area contributed by atoms with E-state index in [1.54, 1.807) is 6.92 Å². The van der Waals surface area contributed by atoms with Crippen molar-refractivity contribution in [2.24, 2.45) is 5.90 Å². The Bertz CT molecular complexity index is 63.4. The van der Waals surface area contributed by atoms with Gasteiger partial charge in [-0.25, -0.2) is 5.90 Å². The highest BCUT2D eigenvalue weighted by Crippen LogP contribution is 2.06. The van der Waals surface area contributed by atoms with Crippen molar-refractivity contribution >= 4 is 0 Å². The molecule has 0 amide bonds. The average molecular weight is 119 g/mol. The van der Waals surface area contributed by atoms with Crippen LogP contribution in [0.1, 0.15) is 20.3 Å². The summed E-state index contributed by atoms with van der Waals surface area (Å²) in [4.78, 5) is 4.25. The van der Waals surface area contributed by atoms with Crippen molar-refractivity contribution in [3.8, 4) is 0 Å². The van der Waals surface area contributed by atoms with Gasteiger partial charge in [0.1, 0.15) is 0 Å².